The Balaban J connectivity index is 1.83. The van der Waals surface area contributed by atoms with Crippen LogP contribution in [0.3, 0.4) is 0 Å². The van der Waals surface area contributed by atoms with Crippen molar-refractivity contribution in [3.8, 4) is 0 Å². The lowest BCUT2D eigenvalue weighted by Crippen LogP contribution is -2.41. The molecule has 3 nitrogen and oxygen atoms in total. The van der Waals surface area contributed by atoms with Crippen molar-refractivity contribution in [3.63, 3.8) is 0 Å². The van der Waals surface area contributed by atoms with Crippen molar-refractivity contribution < 1.29 is 9.18 Å². The predicted molar refractivity (Wildman–Crippen MR) is 87.0 cm³/mol. The Labute approximate surface area is 133 Å². The maximum absolute atomic E-state index is 12.9. The van der Waals surface area contributed by atoms with E-state index in [1.165, 1.54) is 50.7 Å². The van der Waals surface area contributed by atoms with Gasteiger partial charge in [-0.15, -0.1) is 0 Å². The first-order chi connectivity index (χ1) is 10.6. The van der Waals surface area contributed by atoms with E-state index >= 15 is 0 Å². The van der Waals surface area contributed by atoms with Gasteiger partial charge in [-0.05, 0) is 37.6 Å². The molecule has 122 valence electrons. The molecule has 0 spiro atoms. The van der Waals surface area contributed by atoms with Gasteiger partial charge in [0.2, 0.25) is 5.91 Å². The summed E-state index contributed by atoms with van der Waals surface area (Å²) in [6, 6.07) is 6.87. The summed E-state index contributed by atoms with van der Waals surface area (Å²) in [4.78, 5) is 16.3. The van der Waals surface area contributed by atoms with Crippen LogP contribution in [0.15, 0.2) is 24.3 Å². The number of halogens is 1. The lowest BCUT2D eigenvalue weighted by atomic mass is 10.1. The number of benzene rings is 1. The van der Waals surface area contributed by atoms with Gasteiger partial charge in [-0.3, -0.25) is 9.69 Å². The third-order valence-corrected chi connectivity index (χ3v) is 4.59. The number of hydrogen-bond donors (Lipinski definition) is 0. The van der Waals surface area contributed by atoms with Gasteiger partial charge in [-0.25, -0.2) is 4.39 Å². The van der Waals surface area contributed by atoms with Crippen LogP contribution in [0.1, 0.15) is 44.1 Å². The standard InChI is InChI=1S/C18H27FN2O/c1-20(17-7-5-3-4-6-8-17)14-18(22)21(2)13-15-9-11-16(19)12-10-15/h9-12,17H,3-8,13-14H2,1-2H3. The highest BCUT2D eigenvalue weighted by Gasteiger charge is 2.20. The second-order valence-corrected chi connectivity index (χ2v) is 6.44. The van der Waals surface area contributed by atoms with E-state index in [-0.39, 0.29) is 11.7 Å². The average molecular weight is 306 g/mol. The first-order valence-corrected chi connectivity index (χ1v) is 8.25. The van der Waals surface area contributed by atoms with Gasteiger partial charge in [0.25, 0.3) is 0 Å². The van der Waals surface area contributed by atoms with Gasteiger partial charge in [0.1, 0.15) is 5.82 Å². The molecule has 0 bridgehead atoms. The SMILES string of the molecule is CN(Cc1ccc(F)cc1)C(=O)CN(C)C1CCCCCC1. The molecule has 2 rings (SSSR count). The molecule has 1 saturated carbocycles. The summed E-state index contributed by atoms with van der Waals surface area (Å²) in [6.45, 7) is 0.986. The Kier molecular flexibility index (Phi) is 6.37. The average Bonchev–Trinajstić information content (AvgIpc) is 2.78. The molecule has 0 radical (unpaired) electrons. The van der Waals surface area contributed by atoms with Gasteiger partial charge in [0, 0.05) is 19.6 Å². The van der Waals surface area contributed by atoms with Crippen LogP contribution < -0.4 is 0 Å². The number of nitrogens with zero attached hydrogens (tertiary/aromatic N) is 2. The lowest BCUT2D eigenvalue weighted by Gasteiger charge is -2.28. The molecule has 1 amide bonds. The Morgan fingerprint density at radius 1 is 1.09 bits per heavy atom. The number of hydrogen-bond acceptors (Lipinski definition) is 2. The summed E-state index contributed by atoms with van der Waals surface area (Å²) in [5.41, 5.74) is 0.953. The molecule has 1 aliphatic rings. The van der Waals surface area contributed by atoms with Crippen LogP contribution in [-0.2, 0) is 11.3 Å². The molecule has 1 aliphatic carbocycles. The topological polar surface area (TPSA) is 23.6 Å². The third-order valence-electron chi connectivity index (χ3n) is 4.59. The minimum Gasteiger partial charge on any atom is -0.340 e. The van der Waals surface area contributed by atoms with Crippen LogP contribution in [0.2, 0.25) is 0 Å². The van der Waals surface area contributed by atoms with Crippen molar-refractivity contribution in [3.05, 3.63) is 35.6 Å². The molecular formula is C18H27FN2O. The van der Waals surface area contributed by atoms with E-state index in [4.69, 9.17) is 0 Å². The van der Waals surface area contributed by atoms with E-state index in [0.717, 1.165) is 5.56 Å². The molecular weight excluding hydrogens is 279 g/mol. The second kappa shape index (κ2) is 8.28. The van der Waals surface area contributed by atoms with E-state index in [1.807, 2.05) is 7.05 Å². The van der Waals surface area contributed by atoms with Crippen molar-refractivity contribution in [2.75, 3.05) is 20.6 Å². The van der Waals surface area contributed by atoms with Gasteiger partial charge >= 0.3 is 0 Å². The van der Waals surface area contributed by atoms with E-state index in [0.29, 0.717) is 19.1 Å². The molecule has 0 saturated heterocycles. The summed E-state index contributed by atoms with van der Waals surface area (Å²) in [6.07, 6.45) is 7.59. The third kappa shape index (κ3) is 5.09. The van der Waals surface area contributed by atoms with Crippen LogP contribution in [0.25, 0.3) is 0 Å². The van der Waals surface area contributed by atoms with Crippen LogP contribution in [0, 0.1) is 5.82 Å². The summed E-state index contributed by atoms with van der Waals surface area (Å²) in [5.74, 6) is -0.123. The zero-order valence-corrected chi connectivity index (χ0v) is 13.7. The van der Waals surface area contributed by atoms with Gasteiger partial charge < -0.3 is 4.90 Å². The fraction of sp³-hybridized carbons (Fsp3) is 0.611. The van der Waals surface area contributed by atoms with Gasteiger partial charge in [0.15, 0.2) is 0 Å². The number of amides is 1. The largest absolute Gasteiger partial charge is 0.340 e. The van der Waals surface area contributed by atoms with Crippen molar-refractivity contribution in [2.45, 2.75) is 51.1 Å². The Morgan fingerprint density at radius 3 is 2.27 bits per heavy atom. The van der Waals surface area contributed by atoms with Crippen molar-refractivity contribution in [2.24, 2.45) is 0 Å². The van der Waals surface area contributed by atoms with Gasteiger partial charge in [-0.1, -0.05) is 37.8 Å². The highest BCUT2D eigenvalue weighted by Crippen LogP contribution is 2.21. The Bertz CT molecular complexity index is 466. The molecule has 0 aliphatic heterocycles. The summed E-state index contributed by atoms with van der Waals surface area (Å²) in [7, 11) is 3.87. The monoisotopic (exact) mass is 306 g/mol. The first-order valence-electron chi connectivity index (χ1n) is 8.25. The van der Waals surface area contributed by atoms with Crippen LogP contribution in [0.5, 0.6) is 0 Å². The Morgan fingerprint density at radius 2 is 1.68 bits per heavy atom. The molecule has 1 aromatic carbocycles. The molecule has 0 unspecified atom stereocenters. The zero-order chi connectivity index (χ0) is 15.9. The minimum atomic E-state index is -0.245. The van der Waals surface area contributed by atoms with Crippen LogP contribution in [-0.4, -0.2) is 42.4 Å². The minimum absolute atomic E-state index is 0.121. The van der Waals surface area contributed by atoms with Crippen LogP contribution in [0.4, 0.5) is 4.39 Å². The summed E-state index contributed by atoms with van der Waals surface area (Å²) < 4.78 is 12.9. The first kappa shape index (κ1) is 16.9. The second-order valence-electron chi connectivity index (χ2n) is 6.44. The van der Waals surface area contributed by atoms with Crippen molar-refractivity contribution >= 4 is 5.91 Å². The number of likely N-dealkylation sites (N-methyl/N-ethyl adjacent to an activating group) is 2. The molecule has 0 heterocycles. The zero-order valence-electron chi connectivity index (χ0n) is 13.7. The molecule has 1 aromatic rings. The lowest BCUT2D eigenvalue weighted by molar-refractivity contribution is -0.131. The van der Waals surface area contributed by atoms with E-state index < -0.39 is 0 Å². The Hall–Kier alpha value is -1.42. The van der Waals surface area contributed by atoms with Crippen LogP contribution >= 0.6 is 0 Å². The van der Waals surface area contributed by atoms with Crippen molar-refractivity contribution in [1.29, 1.82) is 0 Å². The number of carbonyl (C=O) groups is 1. The smallest absolute Gasteiger partial charge is 0.236 e. The van der Waals surface area contributed by atoms with E-state index in [2.05, 4.69) is 11.9 Å². The molecule has 0 aromatic heterocycles. The fourth-order valence-corrected chi connectivity index (χ4v) is 3.11. The maximum Gasteiger partial charge on any atom is 0.236 e. The predicted octanol–water partition coefficient (Wildman–Crippen LogP) is 3.44. The quantitative estimate of drug-likeness (QED) is 0.778. The molecule has 22 heavy (non-hydrogen) atoms. The maximum atomic E-state index is 12.9. The highest BCUT2D eigenvalue weighted by molar-refractivity contribution is 5.78. The number of carbonyl (C=O) groups excluding carboxylic acids is 1. The molecule has 0 N–H and O–H groups in total. The van der Waals surface area contributed by atoms with E-state index in [1.54, 1.807) is 17.0 Å². The molecule has 4 heteroatoms. The highest BCUT2D eigenvalue weighted by atomic mass is 19.1. The molecule has 0 atom stereocenters. The summed E-state index contributed by atoms with van der Waals surface area (Å²) >= 11 is 0. The normalized spacial score (nSPS) is 16.5. The van der Waals surface area contributed by atoms with Crippen molar-refractivity contribution in [1.82, 2.24) is 9.80 Å². The van der Waals surface area contributed by atoms with Gasteiger partial charge in [-0.2, -0.15) is 0 Å². The summed E-state index contributed by atoms with van der Waals surface area (Å²) in [5, 5.41) is 0. The fourth-order valence-electron chi connectivity index (χ4n) is 3.11. The van der Waals surface area contributed by atoms with Gasteiger partial charge in [0.05, 0.1) is 6.54 Å². The molecule has 1 fully saturated rings. The number of rotatable bonds is 5. The van der Waals surface area contributed by atoms with E-state index in [9.17, 15) is 9.18 Å².